The van der Waals surface area contributed by atoms with Crippen LogP contribution in [-0.2, 0) is 16.6 Å². The molecule has 0 unspecified atom stereocenters. The largest absolute Gasteiger partial charge is 0.394 e. The fourth-order valence-electron chi connectivity index (χ4n) is 2.43. The Morgan fingerprint density at radius 3 is 2.64 bits per heavy atom. The van der Waals surface area contributed by atoms with Gasteiger partial charge >= 0.3 is 0 Å². The minimum absolute atomic E-state index is 0.00411. The first kappa shape index (κ1) is 17.6. The molecule has 0 bridgehead atoms. The summed E-state index contributed by atoms with van der Waals surface area (Å²) in [4.78, 5) is 4.81. The highest BCUT2D eigenvalue weighted by Gasteiger charge is 2.25. The Labute approximate surface area is 150 Å². The molecule has 25 heavy (non-hydrogen) atoms. The normalized spacial score (nSPS) is 11.6. The average molecular weight is 378 g/mol. The molecule has 0 atom stereocenters. The van der Waals surface area contributed by atoms with Crippen molar-refractivity contribution in [1.82, 2.24) is 14.8 Å². The Kier molecular flexibility index (Phi) is 4.89. The fraction of sp³-hybridized carbons (Fsp3) is 0.250. The van der Waals surface area contributed by atoms with Crippen LogP contribution in [0.25, 0.3) is 10.4 Å². The van der Waals surface area contributed by atoms with E-state index in [0.717, 1.165) is 11.3 Å². The third-order valence-corrected chi connectivity index (χ3v) is 5.96. The molecule has 3 aromatic rings. The molecule has 0 aliphatic heterocycles. The second-order valence-electron chi connectivity index (χ2n) is 5.46. The number of aliphatic hydroxyl groups excluding tert-OH is 1. The SMILES string of the molecule is Cc1nc(S(=O)(=O)Nc2cc(C)n(CCO)n2)c(-c2ccccc2)s1. The van der Waals surface area contributed by atoms with E-state index >= 15 is 0 Å². The van der Waals surface area contributed by atoms with Gasteiger partial charge in [-0.2, -0.15) is 13.5 Å². The molecule has 3 rings (SSSR count). The van der Waals surface area contributed by atoms with Crippen LogP contribution in [0, 0.1) is 13.8 Å². The summed E-state index contributed by atoms with van der Waals surface area (Å²) in [7, 11) is -3.88. The van der Waals surface area contributed by atoms with Crippen LogP contribution in [-0.4, -0.2) is 34.9 Å². The van der Waals surface area contributed by atoms with E-state index in [-0.39, 0.29) is 17.5 Å². The summed E-state index contributed by atoms with van der Waals surface area (Å²) < 4.78 is 29.7. The number of benzene rings is 1. The van der Waals surface area contributed by atoms with Gasteiger partial charge in [-0.15, -0.1) is 11.3 Å². The van der Waals surface area contributed by atoms with E-state index in [1.54, 1.807) is 24.6 Å². The maximum absolute atomic E-state index is 12.8. The van der Waals surface area contributed by atoms with Gasteiger partial charge in [0.2, 0.25) is 0 Å². The zero-order valence-corrected chi connectivity index (χ0v) is 15.4. The molecule has 0 aliphatic rings. The molecule has 0 aliphatic carbocycles. The summed E-state index contributed by atoms with van der Waals surface area (Å²) in [6, 6.07) is 10.9. The lowest BCUT2D eigenvalue weighted by Crippen LogP contribution is -2.15. The number of anilines is 1. The Bertz CT molecular complexity index is 978. The van der Waals surface area contributed by atoms with Crippen molar-refractivity contribution >= 4 is 27.2 Å². The van der Waals surface area contributed by atoms with Gasteiger partial charge in [-0.3, -0.25) is 9.40 Å². The van der Waals surface area contributed by atoms with Crippen LogP contribution in [0.3, 0.4) is 0 Å². The highest BCUT2D eigenvalue weighted by Crippen LogP contribution is 2.33. The van der Waals surface area contributed by atoms with Crippen LogP contribution in [0.2, 0.25) is 0 Å². The van der Waals surface area contributed by atoms with Crippen molar-refractivity contribution in [2.24, 2.45) is 0 Å². The quantitative estimate of drug-likeness (QED) is 0.686. The number of nitrogens with zero attached hydrogens (tertiary/aromatic N) is 3. The maximum atomic E-state index is 12.8. The number of rotatable bonds is 6. The lowest BCUT2D eigenvalue weighted by atomic mass is 10.2. The van der Waals surface area contributed by atoms with Gasteiger partial charge in [0, 0.05) is 11.8 Å². The fourth-order valence-corrected chi connectivity index (χ4v) is 4.85. The molecule has 0 saturated carbocycles. The topological polar surface area (TPSA) is 97.1 Å². The zero-order valence-electron chi connectivity index (χ0n) is 13.8. The molecule has 0 saturated heterocycles. The van der Waals surface area contributed by atoms with Crippen LogP contribution in [0.1, 0.15) is 10.7 Å². The predicted molar refractivity (Wildman–Crippen MR) is 97.1 cm³/mol. The number of sulfonamides is 1. The van der Waals surface area contributed by atoms with Gasteiger partial charge in [-0.1, -0.05) is 30.3 Å². The summed E-state index contributed by atoms with van der Waals surface area (Å²) in [6.45, 7) is 3.80. The first-order valence-corrected chi connectivity index (χ1v) is 9.91. The summed E-state index contributed by atoms with van der Waals surface area (Å²) >= 11 is 1.33. The number of thiazole rings is 1. The van der Waals surface area contributed by atoms with Crippen LogP contribution < -0.4 is 4.72 Å². The molecule has 1 aromatic carbocycles. The molecule has 0 radical (unpaired) electrons. The standard InChI is InChI=1S/C16H18N4O3S2/c1-11-10-14(18-20(11)8-9-21)19-25(22,23)16-15(24-12(2)17-16)13-6-4-3-5-7-13/h3-7,10,21H,8-9H2,1-2H3,(H,18,19). The van der Waals surface area contributed by atoms with Crippen molar-refractivity contribution in [1.29, 1.82) is 0 Å². The number of hydrogen-bond acceptors (Lipinski definition) is 6. The van der Waals surface area contributed by atoms with E-state index in [1.807, 2.05) is 30.3 Å². The highest BCUT2D eigenvalue weighted by molar-refractivity contribution is 7.92. The predicted octanol–water partition coefficient (Wildman–Crippen LogP) is 2.42. The molecule has 2 heterocycles. The van der Waals surface area contributed by atoms with Gasteiger partial charge in [0.05, 0.1) is 23.0 Å². The molecule has 132 valence electrons. The number of aryl methyl sites for hydroxylation is 2. The molecule has 2 aromatic heterocycles. The van der Waals surface area contributed by atoms with Gasteiger partial charge in [0.15, 0.2) is 10.8 Å². The van der Waals surface area contributed by atoms with E-state index in [9.17, 15) is 8.42 Å². The summed E-state index contributed by atoms with van der Waals surface area (Å²) in [5, 5.41) is 13.8. The highest BCUT2D eigenvalue weighted by atomic mass is 32.2. The minimum Gasteiger partial charge on any atom is -0.394 e. The smallest absolute Gasteiger partial charge is 0.282 e. The van der Waals surface area contributed by atoms with Gasteiger partial charge in [0.25, 0.3) is 10.0 Å². The van der Waals surface area contributed by atoms with E-state index < -0.39 is 10.0 Å². The van der Waals surface area contributed by atoms with E-state index in [4.69, 9.17) is 5.11 Å². The molecule has 0 amide bonds. The molecule has 9 heteroatoms. The Balaban J connectivity index is 1.97. The second kappa shape index (κ2) is 6.95. The summed E-state index contributed by atoms with van der Waals surface area (Å²) in [6.07, 6.45) is 0. The van der Waals surface area contributed by atoms with Crippen LogP contribution in [0.4, 0.5) is 5.82 Å². The van der Waals surface area contributed by atoms with Crippen LogP contribution >= 0.6 is 11.3 Å². The molecular formula is C16H18N4O3S2. The average Bonchev–Trinajstić information content (AvgIpc) is 3.12. The van der Waals surface area contributed by atoms with Gasteiger partial charge in [-0.05, 0) is 19.4 Å². The summed E-state index contributed by atoms with van der Waals surface area (Å²) in [5.41, 5.74) is 1.56. The van der Waals surface area contributed by atoms with Crippen molar-refractivity contribution in [3.8, 4) is 10.4 Å². The van der Waals surface area contributed by atoms with Gasteiger partial charge in [0.1, 0.15) is 0 Å². The lowest BCUT2D eigenvalue weighted by Gasteiger charge is -2.05. The first-order valence-electron chi connectivity index (χ1n) is 7.61. The minimum atomic E-state index is -3.88. The van der Waals surface area contributed by atoms with Crippen molar-refractivity contribution in [2.75, 3.05) is 11.3 Å². The lowest BCUT2D eigenvalue weighted by molar-refractivity contribution is 0.268. The molecule has 0 fully saturated rings. The van der Waals surface area contributed by atoms with Crippen LogP contribution in [0.15, 0.2) is 41.4 Å². The third kappa shape index (κ3) is 3.73. The molecule has 7 nitrogen and oxygen atoms in total. The molecule has 0 spiro atoms. The van der Waals surface area contributed by atoms with Crippen molar-refractivity contribution < 1.29 is 13.5 Å². The number of aromatic nitrogens is 3. The molecular weight excluding hydrogens is 360 g/mol. The Morgan fingerprint density at radius 2 is 1.96 bits per heavy atom. The summed E-state index contributed by atoms with van der Waals surface area (Å²) in [5.74, 6) is 0.204. The zero-order chi connectivity index (χ0) is 18.0. The second-order valence-corrected chi connectivity index (χ2v) is 8.26. The van der Waals surface area contributed by atoms with Crippen molar-refractivity contribution in [3.05, 3.63) is 47.1 Å². The number of hydrogen-bond donors (Lipinski definition) is 2. The molecule has 2 N–H and O–H groups in total. The Hall–Kier alpha value is -2.23. The van der Waals surface area contributed by atoms with E-state index in [1.165, 1.54) is 11.3 Å². The monoisotopic (exact) mass is 378 g/mol. The van der Waals surface area contributed by atoms with Crippen molar-refractivity contribution in [3.63, 3.8) is 0 Å². The van der Waals surface area contributed by atoms with E-state index in [0.29, 0.717) is 16.4 Å². The Morgan fingerprint density at radius 1 is 1.24 bits per heavy atom. The maximum Gasteiger partial charge on any atom is 0.282 e. The van der Waals surface area contributed by atoms with Crippen LogP contribution in [0.5, 0.6) is 0 Å². The number of nitrogens with one attached hydrogen (secondary N) is 1. The van der Waals surface area contributed by atoms with Crippen molar-refractivity contribution in [2.45, 2.75) is 25.4 Å². The number of aliphatic hydroxyl groups is 1. The van der Waals surface area contributed by atoms with E-state index in [2.05, 4.69) is 14.8 Å². The first-order chi connectivity index (χ1) is 11.9. The van der Waals surface area contributed by atoms with Gasteiger partial charge in [-0.25, -0.2) is 4.98 Å². The van der Waals surface area contributed by atoms with Gasteiger partial charge < -0.3 is 5.11 Å². The third-order valence-electron chi connectivity index (χ3n) is 3.53.